The Kier molecular flexibility index (Phi) is 4.51. The number of benzene rings is 2. The number of anilines is 2. The fourth-order valence-corrected chi connectivity index (χ4v) is 2.96. The van der Waals surface area contributed by atoms with Crippen LogP contribution in [0.1, 0.15) is 18.1 Å². The third-order valence-corrected chi connectivity index (χ3v) is 4.14. The van der Waals surface area contributed by atoms with Gasteiger partial charge in [-0.1, -0.05) is 18.2 Å². The lowest BCUT2D eigenvalue weighted by molar-refractivity contribution is -0.116. The molecule has 0 aromatic heterocycles. The Labute approximate surface area is 141 Å². The second kappa shape index (κ2) is 6.74. The molecule has 2 amide bonds. The molecule has 2 aromatic carbocycles. The zero-order valence-corrected chi connectivity index (χ0v) is 13.8. The summed E-state index contributed by atoms with van der Waals surface area (Å²) >= 11 is 0. The van der Waals surface area contributed by atoms with Gasteiger partial charge in [0, 0.05) is 24.8 Å². The van der Waals surface area contributed by atoms with Crippen LogP contribution < -0.4 is 15.0 Å². The van der Waals surface area contributed by atoms with Crippen LogP contribution in [0.15, 0.2) is 42.5 Å². The van der Waals surface area contributed by atoms with E-state index in [0.717, 1.165) is 29.0 Å². The van der Waals surface area contributed by atoms with Crippen LogP contribution >= 0.6 is 0 Å². The summed E-state index contributed by atoms with van der Waals surface area (Å²) in [5.74, 6) is 0.652. The van der Waals surface area contributed by atoms with Gasteiger partial charge in [-0.2, -0.15) is 0 Å². The molecule has 0 radical (unpaired) electrons. The molecule has 0 bridgehead atoms. The van der Waals surface area contributed by atoms with E-state index < -0.39 is 0 Å². The van der Waals surface area contributed by atoms with Crippen LogP contribution in [-0.4, -0.2) is 25.5 Å². The van der Waals surface area contributed by atoms with E-state index in [1.807, 2.05) is 42.5 Å². The van der Waals surface area contributed by atoms with E-state index in [1.54, 1.807) is 18.9 Å². The van der Waals surface area contributed by atoms with E-state index in [1.165, 1.54) is 0 Å². The second-order valence-corrected chi connectivity index (χ2v) is 5.84. The third kappa shape index (κ3) is 3.40. The van der Waals surface area contributed by atoms with E-state index in [0.29, 0.717) is 12.2 Å². The number of ether oxygens (including phenoxy) is 1. The number of carbonyl (C=O) groups excluding carboxylic acids is 2. The normalized spacial score (nSPS) is 12.7. The predicted molar refractivity (Wildman–Crippen MR) is 93.5 cm³/mol. The monoisotopic (exact) mass is 324 g/mol. The summed E-state index contributed by atoms with van der Waals surface area (Å²) in [6.45, 7) is 2.26. The highest BCUT2D eigenvalue weighted by molar-refractivity contribution is 5.97. The maximum Gasteiger partial charge on any atom is 0.228 e. The van der Waals surface area contributed by atoms with Gasteiger partial charge < -0.3 is 15.0 Å². The number of methoxy groups -OCH3 is 1. The van der Waals surface area contributed by atoms with E-state index in [9.17, 15) is 9.59 Å². The van der Waals surface area contributed by atoms with Crippen molar-refractivity contribution in [2.24, 2.45) is 0 Å². The van der Waals surface area contributed by atoms with Crippen molar-refractivity contribution in [2.45, 2.75) is 19.8 Å². The van der Waals surface area contributed by atoms with Crippen molar-refractivity contribution in [1.82, 2.24) is 0 Å². The first-order valence-electron chi connectivity index (χ1n) is 7.90. The number of rotatable bonds is 4. The summed E-state index contributed by atoms with van der Waals surface area (Å²) < 4.78 is 5.17. The summed E-state index contributed by atoms with van der Waals surface area (Å²) in [6.07, 6.45) is 1.12. The quantitative estimate of drug-likeness (QED) is 0.941. The largest absolute Gasteiger partial charge is 0.497 e. The van der Waals surface area contributed by atoms with Gasteiger partial charge in [0.2, 0.25) is 11.8 Å². The second-order valence-electron chi connectivity index (χ2n) is 5.84. The standard InChI is InChI=1S/C19H20N2O3/c1-13(22)21-9-8-15-6-7-16(12-18(15)21)20-19(23)11-14-4-3-5-17(10-14)24-2/h3-7,10,12H,8-9,11H2,1-2H3,(H,20,23). The average Bonchev–Trinajstić information content (AvgIpc) is 2.98. The molecule has 0 saturated heterocycles. The maximum atomic E-state index is 12.3. The minimum atomic E-state index is -0.101. The number of hydrogen-bond donors (Lipinski definition) is 1. The molecule has 5 heteroatoms. The van der Waals surface area contributed by atoms with Crippen LogP contribution in [0.4, 0.5) is 11.4 Å². The Morgan fingerprint density at radius 1 is 1.21 bits per heavy atom. The Morgan fingerprint density at radius 3 is 2.79 bits per heavy atom. The Bertz CT molecular complexity index is 786. The van der Waals surface area contributed by atoms with Crippen LogP contribution in [0.25, 0.3) is 0 Å². The summed E-state index contributed by atoms with van der Waals surface area (Å²) in [5, 5.41) is 2.90. The average molecular weight is 324 g/mol. The maximum absolute atomic E-state index is 12.3. The molecule has 5 nitrogen and oxygen atoms in total. The molecule has 1 N–H and O–H groups in total. The minimum absolute atomic E-state index is 0.0219. The summed E-state index contributed by atoms with van der Waals surface area (Å²) in [5.41, 5.74) is 3.62. The fraction of sp³-hybridized carbons (Fsp3) is 0.263. The van der Waals surface area contributed by atoms with Crippen molar-refractivity contribution in [3.8, 4) is 5.75 Å². The van der Waals surface area contributed by atoms with Crippen molar-refractivity contribution < 1.29 is 14.3 Å². The van der Waals surface area contributed by atoms with Crippen LogP contribution in [0.2, 0.25) is 0 Å². The highest BCUT2D eigenvalue weighted by Crippen LogP contribution is 2.31. The third-order valence-electron chi connectivity index (χ3n) is 4.14. The van der Waals surface area contributed by atoms with Gasteiger partial charge in [0.1, 0.15) is 5.75 Å². The molecule has 24 heavy (non-hydrogen) atoms. The first-order valence-corrected chi connectivity index (χ1v) is 7.90. The number of nitrogens with zero attached hydrogens (tertiary/aromatic N) is 1. The highest BCUT2D eigenvalue weighted by atomic mass is 16.5. The van der Waals surface area contributed by atoms with Gasteiger partial charge in [0.15, 0.2) is 0 Å². The summed E-state index contributed by atoms with van der Waals surface area (Å²) in [6, 6.07) is 13.2. The van der Waals surface area contributed by atoms with Gasteiger partial charge >= 0.3 is 0 Å². The van der Waals surface area contributed by atoms with Gasteiger partial charge in [0.05, 0.1) is 13.5 Å². The Balaban J connectivity index is 1.71. The first-order chi connectivity index (χ1) is 11.6. The Morgan fingerprint density at radius 2 is 2.04 bits per heavy atom. The highest BCUT2D eigenvalue weighted by Gasteiger charge is 2.22. The van der Waals surface area contributed by atoms with Crippen LogP contribution in [0, 0.1) is 0 Å². The van der Waals surface area contributed by atoms with Crippen molar-refractivity contribution in [3.63, 3.8) is 0 Å². The van der Waals surface area contributed by atoms with Crippen molar-refractivity contribution >= 4 is 23.2 Å². The van der Waals surface area contributed by atoms with Gasteiger partial charge in [-0.15, -0.1) is 0 Å². The van der Waals surface area contributed by atoms with Gasteiger partial charge in [-0.25, -0.2) is 0 Å². The molecular weight excluding hydrogens is 304 g/mol. The molecule has 0 saturated carbocycles. The molecule has 0 spiro atoms. The summed E-state index contributed by atoms with van der Waals surface area (Å²) in [4.78, 5) is 25.7. The number of hydrogen-bond acceptors (Lipinski definition) is 3. The van der Waals surface area contributed by atoms with Gasteiger partial charge in [0.25, 0.3) is 0 Å². The van der Waals surface area contributed by atoms with Crippen LogP contribution in [0.5, 0.6) is 5.75 Å². The molecule has 2 aromatic rings. The molecule has 1 heterocycles. The first kappa shape index (κ1) is 16.1. The molecule has 1 aliphatic heterocycles. The molecule has 0 aliphatic carbocycles. The molecule has 0 fully saturated rings. The summed E-state index contributed by atoms with van der Waals surface area (Å²) in [7, 11) is 1.60. The zero-order chi connectivity index (χ0) is 17.1. The molecule has 1 aliphatic rings. The molecule has 0 atom stereocenters. The van der Waals surface area contributed by atoms with Gasteiger partial charge in [-0.05, 0) is 41.8 Å². The lowest BCUT2D eigenvalue weighted by Crippen LogP contribution is -2.25. The topological polar surface area (TPSA) is 58.6 Å². The zero-order valence-electron chi connectivity index (χ0n) is 13.8. The number of amides is 2. The minimum Gasteiger partial charge on any atom is -0.497 e. The van der Waals surface area contributed by atoms with Gasteiger partial charge in [-0.3, -0.25) is 9.59 Å². The van der Waals surface area contributed by atoms with Crippen LogP contribution in [-0.2, 0) is 22.4 Å². The van der Waals surface area contributed by atoms with E-state index in [4.69, 9.17) is 4.74 Å². The van der Waals surface area contributed by atoms with E-state index >= 15 is 0 Å². The van der Waals surface area contributed by atoms with Crippen molar-refractivity contribution in [2.75, 3.05) is 23.9 Å². The lowest BCUT2D eigenvalue weighted by atomic mass is 10.1. The van der Waals surface area contributed by atoms with Crippen LogP contribution in [0.3, 0.4) is 0 Å². The fourth-order valence-electron chi connectivity index (χ4n) is 2.96. The molecular formula is C19H20N2O3. The number of fused-ring (bicyclic) bond motifs is 1. The smallest absolute Gasteiger partial charge is 0.228 e. The molecule has 0 unspecified atom stereocenters. The number of carbonyl (C=O) groups is 2. The predicted octanol–water partition coefficient (Wildman–Crippen LogP) is 2.79. The van der Waals surface area contributed by atoms with Crippen molar-refractivity contribution in [3.05, 3.63) is 53.6 Å². The number of nitrogens with one attached hydrogen (secondary N) is 1. The van der Waals surface area contributed by atoms with E-state index in [2.05, 4.69) is 5.32 Å². The lowest BCUT2D eigenvalue weighted by Gasteiger charge is -2.16. The van der Waals surface area contributed by atoms with Crippen molar-refractivity contribution in [1.29, 1.82) is 0 Å². The SMILES string of the molecule is COc1cccc(CC(=O)Nc2ccc3c(c2)N(C(C)=O)CC3)c1. The molecule has 3 rings (SSSR count). The van der Waals surface area contributed by atoms with E-state index in [-0.39, 0.29) is 18.2 Å². The Hall–Kier alpha value is -2.82. The molecule has 124 valence electrons.